The Bertz CT molecular complexity index is 845. The molecule has 1 saturated heterocycles. The highest BCUT2D eigenvalue weighted by Crippen LogP contribution is 2.35. The number of pyridine rings is 1. The molecule has 0 spiro atoms. The summed E-state index contributed by atoms with van der Waals surface area (Å²) in [5.74, 6) is 0.833. The van der Waals surface area contributed by atoms with Crippen LogP contribution in [0.2, 0.25) is 0 Å². The number of benzene rings is 1. The van der Waals surface area contributed by atoms with Crippen LogP contribution in [0.4, 0.5) is 5.69 Å². The van der Waals surface area contributed by atoms with Crippen molar-refractivity contribution in [2.45, 2.75) is 25.4 Å². The Morgan fingerprint density at radius 1 is 1.12 bits per heavy atom. The zero-order valence-electron chi connectivity index (χ0n) is 13.3. The van der Waals surface area contributed by atoms with Gasteiger partial charge in [-0.3, -0.25) is 19.8 Å². The van der Waals surface area contributed by atoms with Crippen molar-refractivity contribution in [3.05, 3.63) is 74.2 Å². The van der Waals surface area contributed by atoms with E-state index in [-0.39, 0.29) is 16.2 Å². The van der Waals surface area contributed by atoms with Crippen LogP contribution in [0.15, 0.2) is 47.3 Å². The molecule has 0 aliphatic carbocycles. The number of likely N-dealkylation sites (tertiary alicyclic amines) is 1. The molecule has 6 heteroatoms. The van der Waals surface area contributed by atoms with Crippen molar-refractivity contribution in [3.63, 3.8) is 0 Å². The Morgan fingerprint density at radius 3 is 2.79 bits per heavy atom. The monoisotopic (exact) mass is 325 g/mol. The largest absolute Gasteiger partial charge is 0.312 e. The lowest BCUT2D eigenvalue weighted by Gasteiger charge is -2.42. The first kappa shape index (κ1) is 15.1. The van der Waals surface area contributed by atoms with Gasteiger partial charge in [0.05, 0.1) is 4.92 Å². The Morgan fingerprint density at radius 2 is 1.96 bits per heavy atom. The number of fused-ring (bicyclic) bond motifs is 4. The summed E-state index contributed by atoms with van der Waals surface area (Å²) in [6.07, 6.45) is 1.12. The lowest BCUT2D eigenvalue weighted by molar-refractivity contribution is -0.384. The molecular weight excluding hydrogens is 306 g/mol. The Balaban J connectivity index is 1.55. The van der Waals surface area contributed by atoms with Gasteiger partial charge < -0.3 is 4.57 Å². The van der Waals surface area contributed by atoms with Crippen LogP contribution in [0.3, 0.4) is 0 Å². The normalized spacial score (nSPS) is 22.8. The van der Waals surface area contributed by atoms with E-state index in [4.69, 9.17) is 0 Å². The smallest absolute Gasteiger partial charge is 0.269 e. The minimum atomic E-state index is -0.350. The highest BCUT2D eigenvalue weighted by Gasteiger charge is 2.34. The molecule has 1 aromatic carbocycles. The molecule has 2 aliphatic rings. The molecule has 2 aromatic rings. The van der Waals surface area contributed by atoms with E-state index in [0.29, 0.717) is 18.4 Å². The molecule has 2 bridgehead atoms. The standard InChI is InChI=1S/C18H19N3O3/c22-18-6-2-5-17-15-7-14(11-20(17)18)10-19(12-15)9-13-3-1-4-16(8-13)21(23)24/h1-6,8,14-15H,7,9-12H2/t14-,15?/m1/s1. The molecule has 0 radical (unpaired) electrons. The van der Waals surface area contributed by atoms with Crippen molar-refractivity contribution < 1.29 is 4.92 Å². The molecule has 24 heavy (non-hydrogen) atoms. The first-order chi connectivity index (χ1) is 11.6. The molecule has 2 atom stereocenters. The van der Waals surface area contributed by atoms with Crippen molar-refractivity contribution in [2.75, 3.05) is 13.1 Å². The quantitative estimate of drug-likeness (QED) is 0.642. The van der Waals surface area contributed by atoms with Gasteiger partial charge in [0.15, 0.2) is 0 Å². The van der Waals surface area contributed by atoms with E-state index < -0.39 is 0 Å². The second-order valence-corrected chi connectivity index (χ2v) is 6.82. The second kappa shape index (κ2) is 5.87. The number of nitro groups is 1. The van der Waals surface area contributed by atoms with Gasteiger partial charge in [0.25, 0.3) is 11.2 Å². The number of hydrogen-bond acceptors (Lipinski definition) is 4. The van der Waals surface area contributed by atoms with E-state index in [2.05, 4.69) is 11.0 Å². The fraction of sp³-hybridized carbons (Fsp3) is 0.389. The molecule has 0 N–H and O–H groups in total. The van der Waals surface area contributed by atoms with Crippen molar-refractivity contribution in [3.8, 4) is 0 Å². The summed E-state index contributed by atoms with van der Waals surface area (Å²) < 4.78 is 1.92. The van der Waals surface area contributed by atoms with Gasteiger partial charge in [0, 0.05) is 56.0 Å². The number of rotatable bonds is 3. The lowest BCUT2D eigenvalue weighted by atomic mass is 9.83. The molecule has 0 saturated carbocycles. The molecule has 0 amide bonds. The SMILES string of the molecule is O=c1cccc2n1C[C@@H]1CC2CN(Cc2cccc([N+](=O)[O-])c2)C1. The molecule has 6 nitrogen and oxygen atoms in total. The minimum absolute atomic E-state index is 0.0920. The second-order valence-electron chi connectivity index (χ2n) is 6.82. The van der Waals surface area contributed by atoms with Crippen LogP contribution in [0, 0.1) is 16.0 Å². The van der Waals surface area contributed by atoms with E-state index in [1.165, 1.54) is 6.07 Å². The van der Waals surface area contributed by atoms with Crippen molar-refractivity contribution in [1.82, 2.24) is 9.47 Å². The molecule has 4 rings (SSSR count). The molecular formula is C18H19N3O3. The zero-order chi connectivity index (χ0) is 16.7. The van der Waals surface area contributed by atoms with Crippen LogP contribution >= 0.6 is 0 Å². The van der Waals surface area contributed by atoms with Crippen molar-refractivity contribution in [1.29, 1.82) is 0 Å². The maximum atomic E-state index is 12.1. The van der Waals surface area contributed by atoms with E-state index in [0.717, 1.165) is 37.3 Å². The zero-order valence-corrected chi connectivity index (χ0v) is 13.3. The average molecular weight is 325 g/mol. The minimum Gasteiger partial charge on any atom is -0.312 e. The van der Waals surface area contributed by atoms with Gasteiger partial charge in [-0.1, -0.05) is 18.2 Å². The van der Waals surface area contributed by atoms with E-state index in [9.17, 15) is 14.9 Å². The topological polar surface area (TPSA) is 68.4 Å². The first-order valence-electron chi connectivity index (χ1n) is 8.25. The van der Waals surface area contributed by atoms with Crippen LogP contribution in [0.5, 0.6) is 0 Å². The van der Waals surface area contributed by atoms with Gasteiger partial charge in [-0.05, 0) is 24.0 Å². The Kier molecular flexibility index (Phi) is 3.69. The highest BCUT2D eigenvalue weighted by atomic mass is 16.6. The van der Waals surface area contributed by atoms with Gasteiger partial charge in [0.2, 0.25) is 0 Å². The van der Waals surface area contributed by atoms with Crippen molar-refractivity contribution >= 4 is 5.69 Å². The summed E-state index contributed by atoms with van der Waals surface area (Å²) in [5.41, 5.74) is 2.33. The number of aromatic nitrogens is 1. The Hall–Kier alpha value is -2.47. The predicted molar refractivity (Wildman–Crippen MR) is 89.9 cm³/mol. The summed E-state index contributed by atoms with van der Waals surface area (Å²) in [7, 11) is 0. The fourth-order valence-corrected chi connectivity index (χ4v) is 4.15. The van der Waals surface area contributed by atoms with E-state index in [1.807, 2.05) is 16.7 Å². The average Bonchev–Trinajstić information content (AvgIpc) is 2.56. The molecule has 2 aliphatic heterocycles. The molecule has 1 aromatic heterocycles. The van der Waals surface area contributed by atoms with Crippen LogP contribution in [-0.4, -0.2) is 27.5 Å². The summed E-state index contributed by atoms with van der Waals surface area (Å²) in [6.45, 7) is 3.31. The lowest BCUT2D eigenvalue weighted by Crippen LogP contribution is -2.46. The van der Waals surface area contributed by atoms with Crippen LogP contribution < -0.4 is 5.56 Å². The molecule has 1 fully saturated rings. The van der Waals surface area contributed by atoms with Gasteiger partial charge in [0.1, 0.15) is 0 Å². The Labute approximate surface area is 139 Å². The van der Waals surface area contributed by atoms with Gasteiger partial charge in [-0.2, -0.15) is 0 Å². The van der Waals surface area contributed by atoms with Gasteiger partial charge >= 0.3 is 0 Å². The highest BCUT2D eigenvalue weighted by molar-refractivity contribution is 5.34. The number of hydrogen-bond donors (Lipinski definition) is 0. The third kappa shape index (κ3) is 2.73. The third-order valence-electron chi connectivity index (χ3n) is 5.08. The third-order valence-corrected chi connectivity index (χ3v) is 5.08. The number of piperidine rings is 1. The maximum absolute atomic E-state index is 12.1. The summed E-state index contributed by atoms with van der Waals surface area (Å²) in [4.78, 5) is 25.0. The molecule has 1 unspecified atom stereocenters. The van der Waals surface area contributed by atoms with Crippen molar-refractivity contribution in [2.24, 2.45) is 5.92 Å². The number of nitro benzene ring substituents is 1. The van der Waals surface area contributed by atoms with Gasteiger partial charge in [-0.25, -0.2) is 0 Å². The molecule has 124 valence electrons. The number of nitrogens with zero attached hydrogens (tertiary/aromatic N) is 3. The molecule has 3 heterocycles. The number of non-ortho nitro benzene ring substituents is 1. The van der Waals surface area contributed by atoms with Crippen LogP contribution in [-0.2, 0) is 13.1 Å². The summed E-state index contributed by atoms with van der Waals surface area (Å²) in [5, 5.41) is 10.9. The van der Waals surface area contributed by atoms with Crippen LogP contribution in [0.25, 0.3) is 0 Å². The van der Waals surface area contributed by atoms with Crippen LogP contribution in [0.1, 0.15) is 23.6 Å². The van der Waals surface area contributed by atoms with E-state index in [1.54, 1.807) is 18.2 Å². The summed E-state index contributed by atoms with van der Waals surface area (Å²) >= 11 is 0. The maximum Gasteiger partial charge on any atom is 0.269 e. The van der Waals surface area contributed by atoms with E-state index >= 15 is 0 Å². The summed E-state index contributed by atoms with van der Waals surface area (Å²) in [6, 6.07) is 12.4. The fourth-order valence-electron chi connectivity index (χ4n) is 4.15. The predicted octanol–water partition coefficient (Wildman–Crippen LogP) is 2.38. The first-order valence-corrected chi connectivity index (χ1v) is 8.25. The van der Waals surface area contributed by atoms with Gasteiger partial charge in [-0.15, -0.1) is 0 Å².